The van der Waals surface area contributed by atoms with E-state index in [-0.39, 0.29) is 12.5 Å². The average molecular weight is 334 g/mol. The molecule has 112 valence electrons. The van der Waals surface area contributed by atoms with E-state index in [4.69, 9.17) is 23.2 Å². The Balaban J connectivity index is 2.26. The number of benzene rings is 2. The normalized spacial score (nSPS) is 11.1. The summed E-state index contributed by atoms with van der Waals surface area (Å²) in [6.45, 7) is 1.69. The molecule has 0 aliphatic heterocycles. The molecule has 1 aromatic heterocycles. The summed E-state index contributed by atoms with van der Waals surface area (Å²) in [7, 11) is 0. The monoisotopic (exact) mass is 333 g/mol. The molecule has 5 heteroatoms. The van der Waals surface area contributed by atoms with Crippen molar-refractivity contribution >= 4 is 40.0 Å². The third kappa shape index (κ3) is 2.31. The van der Waals surface area contributed by atoms with Crippen LogP contribution in [-0.2, 0) is 6.61 Å². The van der Waals surface area contributed by atoms with Gasteiger partial charge in [0.25, 0.3) is 5.91 Å². The standard InChI is InChI=1S/C17H13Cl2NO2/c1-10-14(9-21)12-4-2-3-5-16(12)20(10)17(22)13-7-6-11(18)8-15(13)19/h2-8,21H,9H2,1H3. The van der Waals surface area contributed by atoms with Gasteiger partial charge >= 0.3 is 0 Å². The van der Waals surface area contributed by atoms with Crippen LogP contribution >= 0.6 is 23.2 Å². The molecule has 1 N–H and O–H groups in total. The summed E-state index contributed by atoms with van der Waals surface area (Å²) in [6.07, 6.45) is 0. The number of para-hydroxylation sites is 1. The van der Waals surface area contributed by atoms with E-state index in [1.54, 1.807) is 22.8 Å². The maximum absolute atomic E-state index is 12.9. The number of aliphatic hydroxyl groups is 1. The summed E-state index contributed by atoms with van der Waals surface area (Å²) in [5.74, 6) is -0.241. The minimum atomic E-state index is -0.241. The molecular formula is C17H13Cl2NO2. The van der Waals surface area contributed by atoms with E-state index in [0.717, 1.165) is 16.5 Å². The van der Waals surface area contributed by atoms with Crippen LogP contribution in [0, 0.1) is 6.92 Å². The summed E-state index contributed by atoms with van der Waals surface area (Å²) < 4.78 is 1.58. The molecule has 0 amide bonds. The van der Waals surface area contributed by atoms with Gasteiger partial charge in [0.1, 0.15) is 0 Å². The first-order valence-corrected chi connectivity index (χ1v) is 7.49. The topological polar surface area (TPSA) is 42.2 Å². The van der Waals surface area contributed by atoms with Gasteiger partial charge in [-0.15, -0.1) is 0 Å². The number of fused-ring (bicyclic) bond motifs is 1. The SMILES string of the molecule is Cc1c(CO)c2ccccc2n1C(=O)c1ccc(Cl)cc1Cl. The van der Waals surface area contributed by atoms with E-state index in [0.29, 0.717) is 21.3 Å². The Morgan fingerprint density at radius 1 is 1.18 bits per heavy atom. The Labute approximate surface area is 137 Å². The zero-order valence-electron chi connectivity index (χ0n) is 11.8. The molecule has 0 aliphatic carbocycles. The van der Waals surface area contributed by atoms with Crippen molar-refractivity contribution < 1.29 is 9.90 Å². The highest BCUT2D eigenvalue weighted by Gasteiger charge is 2.20. The van der Waals surface area contributed by atoms with Gasteiger partial charge < -0.3 is 5.11 Å². The molecule has 0 radical (unpaired) electrons. The van der Waals surface area contributed by atoms with Gasteiger partial charge in [-0.2, -0.15) is 0 Å². The molecule has 3 aromatic rings. The molecule has 0 saturated heterocycles. The van der Waals surface area contributed by atoms with Crippen molar-refractivity contribution in [2.24, 2.45) is 0 Å². The molecule has 0 fully saturated rings. The average Bonchev–Trinajstić information content (AvgIpc) is 2.78. The lowest BCUT2D eigenvalue weighted by Crippen LogP contribution is -2.14. The van der Waals surface area contributed by atoms with E-state index < -0.39 is 0 Å². The lowest BCUT2D eigenvalue weighted by atomic mass is 10.1. The van der Waals surface area contributed by atoms with Gasteiger partial charge in [-0.05, 0) is 31.2 Å². The fourth-order valence-electron chi connectivity index (χ4n) is 2.68. The maximum Gasteiger partial charge on any atom is 0.264 e. The molecule has 0 atom stereocenters. The smallest absolute Gasteiger partial charge is 0.264 e. The molecule has 0 unspecified atom stereocenters. The van der Waals surface area contributed by atoms with Gasteiger partial charge in [0, 0.05) is 21.7 Å². The first-order valence-electron chi connectivity index (χ1n) is 6.74. The van der Waals surface area contributed by atoms with E-state index in [9.17, 15) is 9.90 Å². The first kappa shape index (κ1) is 15.1. The van der Waals surface area contributed by atoms with Crippen LogP contribution in [0.25, 0.3) is 10.9 Å². The molecule has 1 heterocycles. The van der Waals surface area contributed by atoms with E-state index in [2.05, 4.69) is 0 Å². The first-order chi connectivity index (χ1) is 10.5. The van der Waals surface area contributed by atoms with Gasteiger partial charge in [-0.3, -0.25) is 9.36 Å². The second-order valence-corrected chi connectivity index (χ2v) is 5.85. The van der Waals surface area contributed by atoms with Crippen molar-refractivity contribution in [2.75, 3.05) is 0 Å². The number of aliphatic hydroxyl groups excluding tert-OH is 1. The molecule has 2 aromatic carbocycles. The highest BCUT2D eigenvalue weighted by molar-refractivity contribution is 6.37. The van der Waals surface area contributed by atoms with Crippen LogP contribution in [0.5, 0.6) is 0 Å². The minimum absolute atomic E-state index is 0.124. The van der Waals surface area contributed by atoms with Gasteiger partial charge in [0.05, 0.1) is 22.7 Å². The Bertz CT molecular complexity index is 884. The van der Waals surface area contributed by atoms with Crippen molar-refractivity contribution in [3.63, 3.8) is 0 Å². The van der Waals surface area contributed by atoms with Crippen LogP contribution in [0.15, 0.2) is 42.5 Å². The molecule has 0 bridgehead atoms. The summed E-state index contributed by atoms with van der Waals surface area (Å²) >= 11 is 12.0. The van der Waals surface area contributed by atoms with Gasteiger partial charge in [-0.25, -0.2) is 0 Å². The lowest BCUT2D eigenvalue weighted by molar-refractivity contribution is 0.0963. The molecule has 3 nitrogen and oxygen atoms in total. The third-order valence-corrected chi connectivity index (χ3v) is 4.31. The largest absolute Gasteiger partial charge is 0.392 e. The Morgan fingerprint density at radius 2 is 1.91 bits per heavy atom. The van der Waals surface area contributed by atoms with Crippen molar-refractivity contribution in [1.82, 2.24) is 4.57 Å². The van der Waals surface area contributed by atoms with Crippen molar-refractivity contribution in [3.8, 4) is 0 Å². The number of rotatable bonds is 2. The zero-order valence-corrected chi connectivity index (χ0v) is 13.3. The van der Waals surface area contributed by atoms with Crippen LogP contribution in [0.4, 0.5) is 0 Å². The van der Waals surface area contributed by atoms with Crippen molar-refractivity contribution in [3.05, 3.63) is 69.3 Å². The van der Waals surface area contributed by atoms with Gasteiger partial charge in [0.15, 0.2) is 0 Å². The summed E-state index contributed by atoms with van der Waals surface area (Å²) in [4.78, 5) is 12.9. The van der Waals surface area contributed by atoms with Crippen molar-refractivity contribution in [1.29, 1.82) is 0 Å². The minimum Gasteiger partial charge on any atom is -0.392 e. The highest BCUT2D eigenvalue weighted by Crippen LogP contribution is 2.29. The number of carbonyl (C=O) groups excluding carboxylic acids is 1. The zero-order chi connectivity index (χ0) is 15.9. The number of carbonyl (C=O) groups is 1. The highest BCUT2D eigenvalue weighted by atomic mass is 35.5. The lowest BCUT2D eigenvalue weighted by Gasteiger charge is -2.09. The Kier molecular flexibility index (Phi) is 3.96. The summed E-state index contributed by atoms with van der Waals surface area (Å²) in [5.41, 5.74) is 2.58. The van der Waals surface area contributed by atoms with E-state index in [1.165, 1.54) is 0 Å². The number of halogens is 2. The van der Waals surface area contributed by atoms with Crippen molar-refractivity contribution in [2.45, 2.75) is 13.5 Å². The number of hydrogen-bond donors (Lipinski definition) is 1. The summed E-state index contributed by atoms with van der Waals surface area (Å²) in [6, 6.07) is 12.3. The molecule has 0 spiro atoms. The second-order valence-electron chi connectivity index (χ2n) is 5.00. The molecule has 0 saturated carbocycles. The Morgan fingerprint density at radius 3 is 2.59 bits per heavy atom. The van der Waals surface area contributed by atoms with Crippen LogP contribution in [0.2, 0.25) is 10.0 Å². The van der Waals surface area contributed by atoms with Gasteiger partial charge in [0.2, 0.25) is 0 Å². The molecule has 0 aliphatic rings. The fourth-order valence-corrected chi connectivity index (χ4v) is 3.17. The molecular weight excluding hydrogens is 321 g/mol. The Hall–Kier alpha value is -1.81. The third-order valence-electron chi connectivity index (χ3n) is 3.76. The predicted octanol–water partition coefficient (Wildman–Crippen LogP) is 4.44. The number of aromatic nitrogens is 1. The second kappa shape index (κ2) is 5.76. The fraction of sp³-hybridized carbons (Fsp3) is 0.118. The van der Waals surface area contributed by atoms with Crippen LogP contribution in [0.1, 0.15) is 21.6 Å². The van der Waals surface area contributed by atoms with Gasteiger partial charge in [-0.1, -0.05) is 41.4 Å². The quantitative estimate of drug-likeness (QED) is 0.753. The van der Waals surface area contributed by atoms with Crippen LogP contribution < -0.4 is 0 Å². The van der Waals surface area contributed by atoms with Crippen LogP contribution in [-0.4, -0.2) is 15.6 Å². The number of hydrogen-bond acceptors (Lipinski definition) is 2. The van der Waals surface area contributed by atoms with Crippen LogP contribution in [0.3, 0.4) is 0 Å². The molecule has 3 rings (SSSR count). The summed E-state index contributed by atoms with van der Waals surface area (Å²) in [5, 5.41) is 11.3. The van der Waals surface area contributed by atoms with E-state index in [1.807, 2.05) is 31.2 Å². The van der Waals surface area contributed by atoms with E-state index >= 15 is 0 Å². The molecule has 22 heavy (non-hydrogen) atoms. The predicted molar refractivity (Wildman–Crippen MR) is 88.8 cm³/mol. The number of nitrogens with zero attached hydrogens (tertiary/aromatic N) is 1. The maximum atomic E-state index is 12.9.